The highest BCUT2D eigenvalue weighted by Gasteiger charge is 2.24. The maximum Gasteiger partial charge on any atom is 0.319 e. The molecular formula is C19H22N4O3S. The number of thioether (sulfide) groups is 1. The number of hydrogen-bond donors (Lipinski definition) is 0. The second-order valence-electron chi connectivity index (χ2n) is 5.85. The lowest BCUT2D eigenvalue weighted by atomic mass is 10.2. The molecule has 3 aromatic rings. The van der Waals surface area contributed by atoms with Gasteiger partial charge >= 0.3 is 5.97 Å². The summed E-state index contributed by atoms with van der Waals surface area (Å²) in [5.74, 6) is 0.453. The van der Waals surface area contributed by atoms with Crippen LogP contribution >= 0.6 is 11.8 Å². The molecular weight excluding hydrogens is 364 g/mol. The van der Waals surface area contributed by atoms with E-state index in [1.807, 2.05) is 38.1 Å². The number of carbonyl (C=O) groups excluding carboxylic acids is 1. The van der Waals surface area contributed by atoms with E-state index in [4.69, 9.17) is 9.47 Å². The molecule has 0 unspecified atom stereocenters. The predicted molar refractivity (Wildman–Crippen MR) is 105 cm³/mol. The number of para-hydroxylation sites is 2. The van der Waals surface area contributed by atoms with E-state index < -0.39 is 0 Å². The SMILES string of the molecule is CCOC(=O)[C@@H](CC)Sc1nnc(C)c2cnn(-c3ccccc3OC)c12. The smallest absolute Gasteiger partial charge is 0.319 e. The zero-order valence-corrected chi connectivity index (χ0v) is 16.6. The van der Waals surface area contributed by atoms with Crippen LogP contribution in [-0.4, -0.2) is 44.9 Å². The van der Waals surface area contributed by atoms with Gasteiger partial charge in [0.05, 0.1) is 25.6 Å². The normalized spacial score (nSPS) is 12.1. The van der Waals surface area contributed by atoms with E-state index in [0.717, 1.165) is 22.3 Å². The van der Waals surface area contributed by atoms with Crippen LogP contribution in [0.1, 0.15) is 26.0 Å². The summed E-state index contributed by atoms with van der Waals surface area (Å²) >= 11 is 1.35. The number of carbonyl (C=O) groups is 1. The Labute approximate surface area is 162 Å². The summed E-state index contributed by atoms with van der Waals surface area (Å²) in [6.45, 7) is 5.99. The van der Waals surface area contributed by atoms with Gasteiger partial charge in [0, 0.05) is 5.39 Å². The molecule has 0 spiro atoms. The Morgan fingerprint density at radius 2 is 2.04 bits per heavy atom. The van der Waals surface area contributed by atoms with E-state index in [1.165, 1.54) is 11.8 Å². The molecule has 0 saturated heterocycles. The molecule has 142 valence electrons. The summed E-state index contributed by atoms with van der Waals surface area (Å²) in [4.78, 5) is 12.2. The summed E-state index contributed by atoms with van der Waals surface area (Å²) in [7, 11) is 1.62. The van der Waals surface area contributed by atoms with Crippen LogP contribution in [0.15, 0.2) is 35.5 Å². The molecule has 0 aliphatic carbocycles. The van der Waals surface area contributed by atoms with Gasteiger partial charge in [-0.1, -0.05) is 30.8 Å². The molecule has 0 aliphatic heterocycles. The zero-order chi connectivity index (χ0) is 19.4. The number of aromatic nitrogens is 4. The van der Waals surface area contributed by atoms with Crippen molar-refractivity contribution in [2.75, 3.05) is 13.7 Å². The molecule has 0 aliphatic rings. The van der Waals surface area contributed by atoms with Gasteiger partial charge < -0.3 is 9.47 Å². The minimum atomic E-state index is -0.355. The van der Waals surface area contributed by atoms with Crippen LogP contribution in [0.4, 0.5) is 0 Å². The number of ether oxygens (including phenoxy) is 2. The van der Waals surface area contributed by atoms with E-state index in [0.29, 0.717) is 23.8 Å². The molecule has 1 aromatic carbocycles. The maximum atomic E-state index is 12.2. The Kier molecular flexibility index (Phi) is 5.95. The van der Waals surface area contributed by atoms with Crippen LogP contribution < -0.4 is 4.74 Å². The van der Waals surface area contributed by atoms with E-state index in [9.17, 15) is 4.79 Å². The number of esters is 1. The fourth-order valence-corrected chi connectivity index (χ4v) is 3.77. The highest BCUT2D eigenvalue weighted by Crippen LogP contribution is 2.34. The first-order chi connectivity index (χ1) is 13.1. The van der Waals surface area contributed by atoms with Crippen molar-refractivity contribution in [2.45, 2.75) is 37.5 Å². The van der Waals surface area contributed by atoms with Crippen molar-refractivity contribution in [3.63, 3.8) is 0 Å². The average molecular weight is 386 g/mol. The summed E-state index contributed by atoms with van der Waals surface area (Å²) < 4.78 is 12.5. The van der Waals surface area contributed by atoms with Gasteiger partial charge in [-0.15, -0.1) is 5.10 Å². The predicted octanol–water partition coefficient (Wildman–Crippen LogP) is 3.57. The number of rotatable bonds is 7. The van der Waals surface area contributed by atoms with E-state index >= 15 is 0 Å². The Bertz CT molecular complexity index is 957. The highest BCUT2D eigenvalue weighted by atomic mass is 32.2. The largest absolute Gasteiger partial charge is 0.494 e. The van der Waals surface area contributed by atoms with Crippen LogP contribution in [0.3, 0.4) is 0 Å². The zero-order valence-electron chi connectivity index (χ0n) is 15.8. The van der Waals surface area contributed by atoms with E-state index in [1.54, 1.807) is 24.9 Å². The van der Waals surface area contributed by atoms with Crippen molar-refractivity contribution >= 4 is 28.6 Å². The third kappa shape index (κ3) is 3.75. The monoisotopic (exact) mass is 386 g/mol. The lowest BCUT2D eigenvalue weighted by Gasteiger charge is -2.14. The fourth-order valence-electron chi connectivity index (χ4n) is 2.78. The molecule has 2 aromatic heterocycles. The molecule has 0 radical (unpaired) electrons. The van der Waals surface area contributed by atoms with Crippen molar-refractivity contribution < 1.29 is 14.3 Å². The minimum Gasteiger partial charge on any atom is -0.494 e. The Hall–Kier alpha value is -2.61. The summed E-state index contributed by atoms with van der Waals surface area (Å²) in [6.07, 6.45) is 2.39. The molecule has 27 heavy (non-hydrogen) atoms. The number of fused-ring (bicyclic) bond motifs is 1. The molecule has 3 rings (SSSR count). The number of nitrogens with zero attached hydrogens (tertiary/aromatic N) is 4. The van der Waals surface area contributed by atoms with Crippen LogP contribution in [0.2, 0.25) is 0 Å². The second kappa shape index (κ2) is 8.39. The molecule has 0 N–H and O–H groups in total. The Balaban J connectivity index is 2.13. The summed E-state index contributed by atoms with van der Waals surface area (Å²) in [5.41, 5.74) is 2.38. The van der Waals surface area contributed by atoms with Gasteiger partial charge in [0.2, 0.25) is 0 Å². The first kappa shape index (κ1) is 19.2. The number of methoxy groups -OCH3 is 1. The first-order valence-electron chi connectivity index (χ1n) is 8.78. The standard InChI is InChI=1S/C19H22N4O3S/c1-5-16(19(24)26-6-2)27-18-17-13(12(3)21-22-18)11-20-23(17)14-9-7-8-10-15(14)25-4/h7-11,16H,5-6H2,1-4H3/t16-/m1/s1. The van der Waals surface area contributed by atoms with Gasteiger partial charge in [0.1, 0.15) is 27.2 Å². The second-order valence-corrected chi connectivity index (χ2v) is 7.04. The van der Waals surface area contributed by atoms with E-state index in [2.05, 4.69) is 15.3 Å². The average Bonchev–Trinajstić information content (AvgIpc) is 3.13. The van der Waals surface area contributed by atoms with Gasteiger partial charge in [0.15, 0.2) is 0 Å². The molecule has 8 heteroatoms. The van der Waals surface area contributed by atoms with Crippen molar-refractivity contribution in [1.29, 1.82) is 0 Å². The molecule has 0 bridgehead atoms. The van der Waals surface area contributed by atoms with Crippen molar-refractivity contribution in [3.8, 4) is 11.4 Å². The molecule has 1 atom stereocenters. The lowest BCUT2D eigenvalue weighted by molar-refractivity contribution is -0.142. The minimum absolute atomic E-state index is 0.246. The Morgan fingerprint density at radius 1 is 1.26 bits per heavy atom. The maximum absolute atomic E-state index is 12.2. The number of hydrogen-bond acceptors (Lipinski definition) is 7. The quantitative estimate of drug-likeness (QED) is 0.454. The summed E-state index contributed by atoms with van der Waals surface area (Å²) in [6, 6.07) is 7.64. The molecule has 0 fully saturated rings. The lowest BCUT2D eigenvalue weighted by Crippen LogP contribution is -2.19. The van der Waals surface area contributed by atoms with Crippen molar-refractivity contribution in [2.24, 2.45) is 0 Å². The van der Waals surface area contributed by atoms with E-state index in [-0.39, 0.29) is 11.2 Å². The van der Waals surface area contributed by atoms with Gasteiger partial charge in [0.25, 0.3) is 0 Å². The van der Waals surface area contributed by atoms with Crippen LogP contribution in [0.25, 0.3) is 16.6 Å². The van der Waals surface area contributed by atoms with Crippen LogP contribution in [0, 0.1) is 6.92 Å². The fraction of sp³-hybridized carbons (Fsp3) is 0.368. The summed E-state index contributed by atoms with van der Waals surface area (Å²) in [5, 5.41) is 14.3. The van der Waals surface area contributed by atoms with Gasteiger partial charge in [-0.25, -0.2) is 4.68 Å². The molecule has 0 amide bonds. The Morgan fingerprint density at radius 3 is 2.74 bits per heavy atom. The molecule has 0 saturated carbocycles. The van der Waals surface area contributed by atoms with Gasteiger partial charge in [-0.3, -0.25) is 4.79 Å². The third-order valence-corrected chi connectivity index (χ3v) is 5.45. The highest BCUT2D eigenvalue weighted by molar-refractivity contribution is 8.00. The van der Waals surface area contributed by atoms with Gasteiger partial charge in [-0.05, 0) is 32.4 Å². The topological polar surface area (TPSA) is 79.1 Å². The van der Waals surface area contributed by atoms with Crippen LogP contribution in [-0.2, 0) is 9.53 Å². The number of aryl methyl sites for hydroxylation is 1. The van der Waals surface area contributed by atoms with Crippen molar-refractivity contribution in [3.05, 3.63) is 36.2 Å². The number of benzene rings is 1. The van der Waals surface area contributed by atoms with Crippen molar-refractivity contribution in [1.82, 2.24) is 20.0 Å². The van der Waals surface area contributed by atoms with Crippen LogP contribution in [0.5, 0.6) is 5.75 Å². The van der Waals surface area contributed by atoms with Gasteiger partial charge in [-0.2, -0.15) is 10.2 Å². The molecule has 7 nitrogen and oxygen atoms in total. The first-order valence-corrected chi connectivity index (χ1v) is 9.66. The third-order valence-electron chi connectivity index (χ3n) is 4.14. The molecule has 2 heterocycles.